The SMILES string of the molecule is N#CC(C#N)=C1C2OCC(O2)C2C1C1(C(C#N)C#N)CC(C3COC1O3)C2(C#N)C#N. The molecular weight excluding hydrogens is 400 g/mol. The molecule has 0 N–H and O–H groups in total. The largest absolute Gasteiger partial charge is 0.349 e. The minimum absolute atomic E-state index is 0.0637. The van der Waals surface area contributed by atoms with Crippen molar-refractivity contribution in [1.82, 2.24) is 0 Å². The number of rotatable bonds is 1. The van der Waals surface area contributed by atoms with E-state index in [0.29, 0.717) is 0 Å². The lowest BCUT2D eigenvalue weighted by Crippen LogP contribution is -2.68. The van der Waals surface area contributed by atoms with E-state index in [9.17, 15) is 31.6 Å². The normalized spacial score (nSPS) is 42.7. The second-order valence-corrected chi connectivity index (χ2v) is 8.44. The molecule has 1 saturated carbocycles. The van der Waals surface area contributed by atoms with Gasteiger partial charge in [0.05, 0.1) is 55.1 Å². The average Bonchev–Trinajstić information content (AvgIpc) is 3.42. The van der Waals surface area contributed by atoms with Gasteiger partial charge in [-0.1, -0.05) is 0 Å². The number of hydrogen-bond acceptors (Lipinski definition) is 10. The molecule has 6 bridgehead atoms. The molecule has 0 aromatic carbocycles. The highest BCUT2D eigenvalue weighted by atomic mass is 16.7. The Morgan fingerprint density at radius 1 is 0.903 bits per heavy atom. The van der Waals surface area contributed by atoms with Crippen LogP contribution in [0.15, 0.2) is 11.1 Å². The summed E-state index contributed by atoms with van der Waals surface area (Å²) < 4.78 is 23.6. The van der Waals surface area contributed by atoms with Gasteiger partial charge in [-0.15, -0.1) is 0 Å². The highest BCUT2D eigenvalue weighted by molar-refractivity contribution is 5.47. The smallest absolute Gasteiger partial charge is 0.182 e. The summed E-state index contributed by atoms with van der Waals surface area (Å²) >= 11 is 0. The van der Waals surface area contributed by atoms with Crippen molar-refractivity contribution >= 4 is 0 Å². The Balaban J connectivity index is 1.88. The summed E-state index contributed by atoms with van der Waals surface area (Å²) in [6, 6.07) is 12.2. The van der Waals surface area contributed by atoms with E-state index in [-0.39, 0.29) is 30.8 Å². The van der Waals surface area contributed by atoms with Crippen molar-refractivity contribution in [1.29, 1.82) is 31.6 Å². The summed E-state index contributed by atoms with van der Waals surface area (Å²) in [6.45, 7) is 0.188. The molecule has 8 unspecified atom stereocenters. The van der Waals surface area contributed by atoms with Crippen LogP contribution in [0.3, 0.4) is 0 Å². The molecule has 4 saturated heterocycles. The van der Waals surface area contributed by atoms with Crippen LogP contribution >= 0.6 is 0 Å². The summed E-state index contributed by atoms with van der Waals surface area (Å²) in [6.07, 6.45) is -3.07. The number of nitriles is 6. The number of ether oxygens (including phenoxy) is 4. The van der Waals surface area contributed by atoms with Crippen molar-refractivity contribution in [3.8, 4) is 36.4 Å². The van der Waals surface area contributed by atoms with Crippen molar-refractivity contribution in [2.24, 2.45) is 34.5 Å². The molecule has 31 heavy (non-hydrogen) atoms. The van der Waals surface area contributed by atoms with Crippen LogP contribution in [0.4, 0.5) is 0 Å². The van der Waals surface area contributed by atoms with Crippen molar-refractivity contribution in [2.45, 2.75) is 31.2 Å². The van der Waals surface area contributed by atoms with Gasteiger partial charge in [0.2, 0.25) is 0 Å². The van der Waals surface area contributed by atoms with E-state index in [1.54, 1.807) is 0 Å². The van der Waals surface area contributed by atoms with E-state index in [1.807, 2.05) is 24.3 Å². The number of hydrogen-bond donors (Lipinski definition) is 0. The molecule has 5 aliphatic rings. The lowest BCUT2D eigenvalue weighted by molar-refractivity contribution is -0.273. The molecule has 5 rings (SSSR count). The monoisotopic (exact) mass is 414 g/mol. The van der Waals surface area contributed by atoms with E-state index in [2.05, 4.69) is 12.1 Å². The van der Waals surface area contributed by atoms with Gasteiger partial charge < -0.3 is 18.9 Å². The highest BCUT2D eigenvalue weighted by Gasteiger charge is 2.77. The van der Waals surface area contributed by atoms with Gasteiger partial charge >= 0.3 is 0 Å². The van der Waals surface area contributed by atoms with Crippen LogP contribution in [0.2, 0.25) is 0 Å². The lowest BCUT2D eigenvalue weighted by atomic mass is 9.42. The first-order valence-corrected chi connectivity index (χ1v) is 9.76. The zero-order valence-corrected chi connectivity index (χ0v) is 16.1. The molecule has 5 fully saturated rings. The molecule has 10 nitrogen and oxygen atoms in total. The fourth-order valence-electron chi connectivity index (χ4n) is 6.47. The van der Waals surface area contributed by atoms with Crippen LogP contribution in [0.25, 0.3) is 0 Å². The Morgan fingerprint density at radius 2 is 1.58 bits per heavy atom. The summed E-state index contributed by atoms with van der Waals surface area (Å²) in [5, 5.41) is 59.7. The average molecular weight is 414 g/mol. The summed E-state index contributed by atoms with van der Waals surface area (Å²) in [4.78, 5) is 0. The molecule has 4 aliphatic heterocycles. The van der Waals surface area contributed by atoms with E-state index >= 15 is 0 Å². The van der Waals surface area contributed by atoms with Gasteiger partial charge in [-0.05, 0) is 6.42 Å². The predicted molar refractivity (Wildman–Crippen MR) is 93.4 cm³/mol. The van der Waals surface area contributed by atoms with Crippen molar-refractivity contribution < 1.29 is 18.9 Å². The lowest BCUT2D eigenvalue weighted by Gasteiger charge is -2.62. The maximum absolute atomic E-state index is 10.3. The van der Waals surface area contributed by atoms with Gasteiger partial charge in [-0.3, -0.25) is 0 Å². The number of fused-ring (bicyclic) bond motifs is 11. The molecule has 152 valence electrons. The Bertz CT molecular complexity index is 1100. The van der Waals surface area contributed by atoms with Crippen LogP contribution in [-0.2, 0) is 18.9 Å². The molecule has 1 aliphatic carbocycles. The minimum Gasteiger partial charge on any atom is -0.349 e. The first-order chi connectivity index (χ1) is 15.1. The second-order valence-electron chi connectivity index (χ2n) is 8.44. The number of nitrogens with zero attached hydrogens (tertiary/aromatic N) is 6. The third-order valence-corrected chi connectivity index (χ3v) is 7.60. The quantitative estimate of drug-likeness (QED) is 0.556. The summed E-state index contributed by atoms with van der Waals surface area (Å²) in [7, 11) is 0. The van der Waals surface area contributed by atoms with E-state index < -0.39 is 59.3 Å². The molecule has 0 radical (unpaired) electrons. The minimum atomic E-state index is -1.60. The van der Waals surface area contributed by atoms with Crippen LogP contribution in [0.1, 0.15) is 6.42 Å². The Kier molecular flexibility index (Phi) is 4.09. The molecular formula is C21H14N6O4. The van der Waals surface area contributed by atoms with Gasteiger partial charge in [0.15, 0.2) is 18.0 Å². The predicted octanol–water partition coefficient (Wildman–Crippen LogP) is 0.776. The van der Waals surface area contributed by atoms with Crippen LogP contribution in [-0.4, -0.2) is 38.0 Å². The molecule has 0 aromatic heterocycles. The summed E-state index contributed by atoms with van der Waals surface area (Å²) in [5.41, 5.74) is -3.01. The second kappa shape index (κ2) is 6.51. The molecule has 0 aromatic rings. The fraction of sp³-hybridized carbons (Fsp3) is 0.619. The van der Waals surface area contributed by atoms with E-state index in [0.717, 1.165) is 0 Å². The van der Waals surface area contributed by atoms with Crippen LogP contribution in [0, 0.1) is 102 Å². The molecule has 10 heteroatoms. The highest BCUT2D eigenvalue weighted by Crippen LogP contribution is 2.70. The standard InChI is InChI=1S/C21H14N6O4/c22-2-10(3-23)15-17-16(14-7-28-18(15)30-14)20(8-26,9-27)12-1-21(17,11(4-24)5-25)19-29-6-13(12)31-19/h11-14,16-19H,1,6-7H2. The summed E-state index contributed by atoms with van der Waals surface area (Å²) in [5.74, 6) is -3.59. The Hall–Kier alpha value is -3.48. The van der Waals surface area contributed by atoms with Gasteiger partial charge in [0, 0.05) is 23.3 Å². The first kappa shape index (κ1) is 19.5. The third-order valence-electron chi connectivity index (χ3n) is 7.60. The number of allylic oxidation sites excluding steroid dienone is 1. The van der Waals surface area contributed by atoms with E-state index in [1.165, 1.54) is 0 Å². The van der Waals surface area contributed by atoms with Gasteiger partial charge in [-0.2, -0.15) is 31.6 Å². The van der Waals surface area contributed by atoms with Crippen molar-refractivity contribution in [3.05, 3.63) is 11.1 Å². The Morgan fingerprint density at radius 3 is 2.19 bits per heavy atom. The Labute approximate surface area is 177 Å². The van der Waals surface area contributed by atoms with Gasteiger partial charge in [-0.25, -0.2) is 0 Å². The van der Waals surface area contributed by atoms with E-state index in [4.69, 9.17) is 18.9 Å². The van der Waals surface area contributed by atoms with Crippen LogP contribution in [0.5, 0.6) is 0 Å². The van der Waals surface area contributed by atoms with Gasteiger partial charge in [0.1, 0.15) is 23.6 Å². The van der Waals surface area contributed by atoms with Crippen molar-refractivity contribution in [2.75, 3.05) is 13.2 Å². The maximum Gasteiger partial charge on any atom is 0.182 e. The first-order valence-electron chi connectivity index (χ1n) is 9.76. The zero-order chi connectivity index (χ0) is 22.0. The van der Waals surface area contributed by atoms with Crippen LogP contribution < -0.4 is 0 Å². The third kappa shape index (κ3) is 2.08. The molecule has 8 atom stereocenters. The maximum atomic E-state index is 10.3. The topological polar surface area (TPSA) is 180 Å². The fourth-order valence-corrected chi connectivity index (χ4v) is 6.47. The molecule has 0 spiro atoms. The van der Waals surface area contributed by atoms with Gasteiger partial charge in [0.25, 0.3) is 0 Å². The van der Waals surface area contributed by atoms with Crippen molar-refractivity contribution in [3.63, 3.8) is 0 Å². The zero-order valence-electron chi connectivity index (χ0n) is 16.1. The molecule has 4 heterocycles. The molecule has 0 amide bonds.